The van der Waals surface area contributed by atoms with Gasteiger partial charge in [-0.05, 0) is 40.8 Å². The van der Waals surface area contributed by atoms with Gasteiger partial charge in [-0.15, -0.1) is 0 Å². The first-order valence-electron chi connectivity index (χ1n) is 9.20. The standard InChI is InChI=1S/C23H24N2O2/c1-3-17(2)18-11-13-21(14-12-18)27-16-23(26)25-24-15-20-9-6-8-19-7-4-5-10-22(19)20/h4-15,17H,3,16H2,1-2H3,(H,25,26)/b24-15-/t17-/m1/s1. The molecular formula is C23H24N2O2. The molecule has 0 aliphatic rings. The molecule has 27 heavy (non-hydrogen) atoms. The molecule has 0 saturated carbocycles. The number of carbonyl (C=O) groups is 1. The maximum absolute atomic E-state index is 11.9. The number of nitrogens with zero attached hydrogens (tertiary/aromatic N) is 1. The number of benzene rings is 3. The summed E-state index contributed by atoms with van der Waals surface area (Å²) in [6, 6.07) is 21.9. The zero-order valence-electron chi connectivity index (χ0n) is 15.7. The smallest absolute Gasteiger partial charge is 0.277 e. The molecule has 3 aromatic carbocycles. The molecule has 0 bridgehead atoms. The van der Waals surface area contributed by atoms with Crippen molar-refractivity contribution in [2.24, 2.45) is 5.10 Å². The molecule has 0 heterocycles. The van der Waals surface area contributed by atoms with E-state index in [4.69, 9.17) is 4.74 Å². The van der Waals surface area contributed by atoms with Crippen LogP contribution in [0.5, 0.6) is 5.75 Å². The van der Waals surface area contributed by atoms with E-state index >= 15 is 0 Å². The Hall–Kier alpha value is -3.14. The van der Waals surface area contributed by atoms with Crippen molar-refractivity contribution in [1.82, 2.24) is 5.43 Å². The summed E-state index contributed by atoms with van der Waals surface area (Å²) in [5.41, 5.74) is 4.74. The van der Waals surface area contributed by atoms with Crippen LogP contribution in [-0.4, -0.2) is 18.7 Å². The molecule has 1 amide bonds. The van der Waals surface area contributed by atoms with E-state index in [1.54, 1.807) is 6.21 Å². The predicted octanol–water partition coefficient (Wildman–Crippen LogP) is 4.88. The van der Waals surface area contributed by atoms with E-state index in [-0.39, 0.29) is 12.5 Å². The molecule has 0 unspecified atom stereocenters. The van der Waals surface area contributed by atoms with Gasteiger partial charge in [-0.2, -0.15) is 5.10 Å². The summed E-state index contributed by atoms with van der Waals surface area (Å²) in [6.07, 6.45) is 2.75. The van der Waals surface area contributed by atoms with Gasteiger partial charge < -0.3 is 4.74 Å². The van der Waals surface area contributed by atoms with E-state index in [1.165, 1.54) is 5.56 Å². The van der Waals surface area contributed by atoms with Crippen molar-refractivity contribution in [3.63, 3.8) is 0 Å². The first kappa shape index (κ1) is 18.6. The van der Waals surface area contributed by atoms with Gasteiger partial charge in [-0.25, -0.2) is 5.43 Å². The van der Waals surface area contributed by atoms with Crippen LogP contribution in [0.15, 0.2) is 71.8 Å². The molecule has 1 atom stereocenters. The fourth-order valence-corrected chi connectivity index (χ4v) is 2.85. The quantitative estimate of drug-likeness (QED) is 0.482. The Balaban J connectivity index is 1.53. The van der Waals surface area contributed by atoms with Crippen LogP contribution in [0.2, 0.25) is 0 Å². The van der Waals surface area contributed by atoms with E-state index < -0.39 is 0 Å². The van der Waals surface area contributed by atoms with E-state index in [1.807, 2.05) is 66.7 Å². The maximum Gasteiger partial charge on any atom is 0.277 e. The van der Waals surface area contributed by atoms with Gasteiger partial charge in [0, 0.05) is 5.56 Å². The average molecular weight is 360 g/mol. The first-order chi connectivity index (χ1) is 13.2. The molecule has 3 rings (SSSR count). The van der Waals surface area contributed by atoms with Crippen molar-refractivity contribution in [3.05, 3.63) is 77.9 Å². The number of fused-ring (bicyclic) bond motifs is 1. The van der Waals surface area contributed by atoms with Crippen molar-refractivity contribution < 1.29 is 9.53 Å². The topological polar surface area (TPSA) is 50.7 Å². The van der Waals surface area contributed by atoms with E-state index in [0.717, 1.165) is 22.8 Å². The summed E-state index contributed by atoms with van der Waals surface area (Å²) in [6.45, 7) is 4.28. The van der Waals surface area contributed by atoms with Crippen molar-refractivity contribution in [1.29, 1.82) is 0 Å². The summed E-state index contributed by atoms with van der Waals surface area (Å²) < 4.78 is 5.52. The molecule has 0 aromatic heterocycles. The largest absolute Gasteiger partial charge is 0.484 e. The van der Waals surface area contributed by atoms with Gasteiger partial charge in [0.15, 0.2) is 6.61 Å². The summed E-state index contributed by atoms with van der Waals surface area (Å²) in [5.74, 6) is 0.901. The molecule has 0 aliphatic carbocycles. The second-order valence-corrected chi connectivity index (χ2v) is 6.53. The zero-order valence-corrected chi connectivity index (χ0v) is 15.7. The minimum absolute atomic E-state index is 0.0739. The molecule has 4 nitrogen and oxygen atoms in total. The first-order valence-corrected chi connectivity index (χ1v) is 9.20. The van der Waals surface area contributed by atoms with Crippen molar-refractivity contribution in [2.75, 3.05) is 6.61 Å². The molecule has 4 heteroatoms. The lowest BCUT2D eigenvalue weighted by atomic mass is 9.99. The Morgan fingerprint density at radius 3 is 2.59 bits per heavy atom. The fraction of sp³-hybridized carbons (Fsp3) is 0.217. The monoisotopic (exact) mass is 360 g/mol. The summed E-state index contributed by atoms with van der Waals surface area (Å²) in [4.78, 5) is 11.9. The van der Waals surface area contributed by atoms with Gasteiger partial charge in [0.05, 0.1) is 6.21 Å². The van der Waals surface area contributed by atoms with Crippen LogP contribution >= 0.6 is 0 Å². The molecular weight excluding hydrogens is 336 g/mol. The number of rotatable bonds is 7. The lowest BCUT2D eigenvalue weighted by molar-refractivity contribution is -0.123. The number of hydrazone groups is 1. The third kappa shape index (κ3) is 4.94. The van der Waals surface area contributed by atoms with Crippen LogP contribution < -0.4 is 10.2 Å². The minimum atomic E-state index is -0.294. The van der Waals surface area contributed by atoms with Crippen LogP contribution in [0, 0.1) is 0 Å². The highest BCUT2D eigenvalue weighted by molar-refractivity contribution is 5.99. The van der Waals surface area contributed by atoms with E-state index in [9.17, 15) is 4.79 Å². The Kier molecular flexibility index (Phi) is 6.21. The molecule has 0 aliphatic heterocycles. The Labute approximate surface area is 159 Å². The second kappa shape index (κ2) is 8.99. The zero-order chi connectivity index (χ0) is 19.1. The molecule has 138 valence electrons. The highest BCUT2D eigenvalue weighted by Gasteiger charge is 2.05. The fourth-order valence-electron chi connectivity index (χ4n) is 2.85. The van der Waals surface area contributed by atoms with Gasteiger partial charge in [0.1, 0.15) is 5.75 Å². The van der Waals surface area contributed by atoms with Crippen molar-refractivity contribution >= 4 is 22.9 Å². The lowest BCUT2D eigenvalue weighted by Crippen LogP contribution is -2.24. The SMILES string of the molecule is CC[C@@H](C)c1ccc(OCC(=O)N/N=C\c2cccc3ccccc23)cc1. The van der Waals surface area contributed by atoms with E-state index in [0.29, 0.717) is 11.7 Å². The minimum Gasteiger partial charge on any atom is -0.484 e. The van der Waals surface area contributed by atoms with Gasteiger partial charge in [0.25, 0.3) is 5.91 Å². The lowest BCUT2D eigenvalue weighted by Gasteiger charge is -2.10. The van der Waals surface area contributed by atoms with Crippen molar-refractivity contribution in [3.8, 4) is 5.75 Å². The Morgan fingerprint density at radius 2 is 1.81 bits per heavy atom. The third-order valence-electron chi connectivity index (χ3n) is 4.65. The molecule has 3 aromatic rings. The molecule has 0 saturated heterocycles. The number of hydrogen-bond donors (Lipinski definition) is 1. The van der Waals surface area contributed by atoms with Gasteiger partial charge in [-0.1, -0.05) is 68.4 Å². The van der Waals surface area contributed by atoms with Crippen LogP contribution in [-0.2, 0) is 4.79 Å². The highest BCUT2D eigenvalue weighted by atomic mass is 16.5. The molecule has 0 radical (unpaired) electrons. The van der Waals surface area contributed by atoms with Gasteiger partial charge in [0.2, 0.25) is 0 Å². The van der Waals surface area contributed by atoms with Crippen LogP contribution in [0.25, 0.3) is 10.8 Å². The van der Waals surface area contributed by atoms with Gasteiger partial charge in [-0.3, -0.25) is 4.79 Å². The number of carbonyl (C=O) groups excluding carboxylic acids is 1. The molecule has 0 fully saturated rings. The summed E-state index contributed by atoms with van der Waals surface area (Å²) >= 11 is 0. The number of nitrogens with one attached hydrogen (secondary N) is 1. The normalized spacial score (nSPS) is 12.2. The predicted molar refractivity (Wildman–Crippen MR) is 110 cm³/mol. The Morgan fingerprint density at radius 1 is 1.07 bits per heavy atom. The van der Waals surface area contributed by atoms with Gasteiger partial charge >= 0.3 is 0 Å². The maximum atomic E-state index is 11.9. The summed E-state index contributed by atoms with van der Waals surface area (Å²) in [5, 5.41) is 6.28. The third-order valence-corrected chi connectivity index (χ3v) is 4.65. The van der Waals surface area contributed by atoms with Crippen molar-refractivity contribution in [2.45, 2.75) is 26.2 Å². The van der Waals surface area contributed by atoms with Crippen LogP contribution in [0.1, 0.15) is 37.3 Å². The van der Waals surface area contributed by atoms with E-state index in [2.05, 4.69) is 24.4 Å². The number of hydrogen-bond acceptors (Lipinski definition) is 3. The Bertz CT molecular complexity index is 927. The molecule has 0 spiro atoms. The second-order valence-electron chi connectivity index (χ2n) is 6.53. The van der Waals surface area contributed by atoms with Crippen LogP contribution in [0.4, 0.5) is 0 Å². The number of amides is 1. The average Bonchev–Trinajstić information content (AvgIpc) is 2.72. The molecule has 1 N–H and O–H groups in total. The van der Waals surface area contributed by atoms with Crippen LogP contribution in [0.3, 0.4) is 0 Å². The summed E-state index contributed by atoms with van der Waals surface area (Å²) in [7, 11) is 0. The highest BCUT2D eigenvalue weighted by Crippen LogP contribution is 2.21. The number of ether oxygens (including phenoxy) is 1.